The third-order valence-electron chi connectivity index (χ3n) is 3.33. The molecule has 0 radical (unpaired) electrons. The molecule has 2 atom stereocenters. The Labute approximate surface area is 122 Å². The van der Waals surface area contributed by atoms with E-state index >= 15 is 0 Å². The summed E-state index contributed by atoms with van der Waals surface area (Å²) in [6.45, 7) is 8.07. The van der Waals surface area contributed by atoms with Crippen molar-refractivity contribution in [2.45, 2.75) is 52.6 Å². The van der Waals surface area contributed by atoms with E-state index in [1.54, 1.807) is 6.92 Å². The zero-order valence-electron chi connectivity index (χ0n) is 12.9. The van der Waals surface area contributed by atoms with Crippen LogP contribution in [-0.2, 0) is 16.0 Å². The van der Waals surface area contributed by atoms with Crippen molar-refractivity contribution in [3.8, 4) is 0 Å². The Bertz CT molecular complexity index is 409. The molecule has 0 saturated heterocycles. The van der Waals surface area contributed by atoms with E-state index in [0.717, 1.165) is 12.0 Å². The van der Waals surface area contributed by atoms with Crippen LogP contribution in [0.3, 0.4) is 0 Å². The first-order valence-electron chi connectivity index (χ1n) is 7.34. The molecule has 1 aromatic rings. The fraction of sp³-hybridized carbons (Fsp3) is 0.588. The minimum Gasteiger partial charge on any atom is -0.462 e. The molecule has 0 aliphatic rings. The van der Waals surface area contributed by atoms with Gasteiger partial charge in [-0.3, -0.25) is 4.79 Å². The average Bonchev–Trinajstić information content (AvgIpc) is 2.38. The zero-order valence-corrected chi connectivity index (χ0v) is 12.9. The summed E-state index contributed by atoms with van der Waals surface area (Å²) in [7, 11) is 0. The zero-order chi connectivity index (χ0) is 15.1. The number of hydrogen-bond acceptors (Lipinski definition) is 3. The van der Waals surface area contributed by atoms with Crippen LogP contribution in [0.1, 0.15) is 51.2 Å². The van der Waals surface area contributed by atoms with Crippen LogP contribution >= 0.6 is 0 Å². The Morgan fingerprint density at radius 2 is 1.75 bits per heavy atom. The number of aliphatic hydroxyl groups excluding tert-OH is 1. The highest BCUT2D eigenvalue weighted by Gasteiger charge is 2.19. The highest BCUT2D eigenvalue weighted by Crippen LogP contribution is 2.19. The van der Waals surface area contributed by atoms with Crippen LogP contribution in [-0.4, -0.2) is 23.8 Å². The molecule has 0 aromatic heterocycles. The highest BCUT2D eigenvalue weighted by molar-refractivity contribution is 5.77. The summed E-state index contributed by atoms with van der Waals surface area (Å²) in [5.41, 5.74) is 2.26. The first-order valence-corrected chi connectivity index (χ1v) is 7.34. The maximum atomic E-state index is 12.0. The van der Waals surface area contributed by atoms with E-state index in [2.05, 4.69) is 26.0 Å². The summed E-state index contributed by atoms with van der Waals surface area (Å²) in [5, 5.41) is 8.82. The van der Waals surface area contributed by atoms with E-state index in [-0.39, 0.29) is 24.6 Å². The third kappa shape index (κ3) is 5.33. The number of aliphatic hydroxyl groups is 1. The van der Waals surface area contributed by atoms with Crippen LogP contribution in [0, 0.1) is 5.92 Å². The number of rotatable bonds is 7. The second kappa shape index (κ2) is 8.05. The van der Waals surface area contributed by atoms with Gasteiger partial charge in [0.2, 0.25) is 0 Å². The smallest absolute Gasteiger partial charge is 0.313 e. The van der Waals surface area contributed by atoms with Crippen molar-refractivity contribution in [2.24, 2.45) is 5.92 Å². The number of hydrogen-bond donors (Lipinski definition) is 1. The Morgan fingerprint density at radius 1 is 1.15 bits per heavy atom. The number of ether oxygens (including phenoxy) is 1. The molecule has 20 heavy (non-hydrogen) atoms. The standard InChI is InChI=1S/C17H26O3/c1-12(2)11-15-5-7-16(8-6-15)14(4)17(19)20-13(3)9-10-18/h5-8,12-14,18H,9-11H2,1-4H3. The Balaban J connectivity index is 2.62. The molecule has 112 valence electrons. The third-order valence-corrected chi connectivity index (χ3v) is 3.33. The minimum atomic E-state index is -0.274. The van der Waals surface area contributed by atoms with Gasteiger partial charge in [0.05, 0.1) is 5.92 Å². The van der Waals surface area contributed by atoms with Gasteiger partial charge in [-0.05, 0) is 37.3 Å². The van der Waals surface area contributed by atoms with Gasteiger partial charge in [-0.25, -0.2) is 0 Å². The summed E-state index contributed by atoms with van der Waals surface area (Å²) in [4.78, 5) is 12.0. The minimum absolute atomic E-state index is 0.0345. The predicted octanol–water partition coefficient (Wildman–Crippen LogP) is 3.30. The van der Waals surface area contributed by atoms with Gasteiger partial charge in [0.15, 0.2) is 0 Å². The van der Waals surface area contributed by atoms with Crippen molar-refractivity contribution in [1.82, 2.24) is 0 Å². The van der Waals surface area contributed by atoms with E-state index < -0.39 is 0 Å². The summed E-state index contributed by atoms with van der Waals surface area (Å²) in [6.07, 6.45) is 1.29. The van der Waals surface area contributed by atoms with E-state index in [1.807, 2.05) is 19.1 Å². The van der Waals surface area contributed by atoms with Crippen LogP contribution in [0.25, 0.3) is 0 Å². The molecular formula is C17H26O3. The van der Waals surface area contributed by atoms with E-state index in [0.29, 0.717) is 12.3 Å². The summed E-state index contributed by atoms with van der Waals surface area (Å²) in [5.74, 6) is 0.120. The van der Waals surface area contributed by atoms with E-state index in [9.17, 15) is 4.79 Å². The number of benzene rings is 1. The van der Waals surface area contributed by atoms with Gasteiger partial charge in [0.25, 0.3) is 0 Å². The lowest BCUT2D eigenvalue weighted by Gasteiger charge is -2.16. The molecule has 1 aromatic carbocycles. The molecule has 0 spiro atoms. The molecule has 2 unspecified atom stereocenters. The second-order valence-electron chi connectivity index (χ2n) is 5.82. The molecule has 1 N–H and O–H groups in total. The van der Waals surface area contributed by atoms with Gasteiger partial charge in [-0.15, -0.1) is 0 Å². The van der Waals surface area contributed by atoms with Crippen molar-refractivity contribution in [1.29, 1.82) is 0 Å². The SMILES string of the molecule is CC(C)Cc1ccc(C(C)C(=O)OC(C)CCO)cc1. The summed E-state index contributed by atoms with van der Waals surface area (Å²) in [6, 6.07) is 8.16. The van der Waals surface area contributed by atoms with Gasteiger partial charge in [0.1, 0.15) is 6.10 Å². The van der Waals surface area contributed by atoms with Gasteiger partial charge in [0, 0.05) is 13.0 Å². The van der Waals surface area contributed by atoms with Crippen LogP contribution in [0.5, 0.6) is 0 Å². The average molecular weight is 278 g/mol. The van der Waals surface area contributed by atoms with Crippen molar-refractivity contribution in [2.75, 3.05) is 6.61 Å². The summed E-state index contributed by atoms with van der Waals surface area (Å²) < 4.78 is 5.30. The van der Waals surface area contributed by atoms with Crippen molar-refractivity contribution >= 4 is 5.97 Å². The lowest BCUT2D eigenvalue weighted by atomic mass is 9.97. The molecule has 0 saturated carbocycles. The first kappa shape index (κ1) is 16.7. The molecule has 3 nitrogen and oxygen atoms in total. The maximum Gasteiger partial charge on any atom is 0.313 e. The Kier molecular flexibility index (Phi) is 6.73. The van der Waals surface area contributed by atoms with Gasteiger partial charge in [-0.2, -0.15) is 0 Å². The molecule has 0 aliphatic carbocycles. The van der Waals surface area contributed by atoms with E-state index in [1.165, 1.54) is 5.56 Å². The molecule has 3 heteroatoms. The van der Waals surface area contributed by atoms with Crippen LogP contribution in [0.2, 0.25) is 0 Å². The number of esters is 1. The largest absolute Gasteiger partial charge is 0.462 e. The van der Waals surface area contributed by atoms with E-state index in [4.69, 9.17) is 9.84 Å². The Hall–Kier alpha value is -1.35. The van der Waals surface area contributed by atoms with Crippen molar-refractivity contribution in [3.63, 3.8) is 0 Å². The van der Waals surface area contributed by atoms with Crippen LogP contribution in [0.15, 0.2) is 24.3 Å². The monoisotopic (exact) mass is 278 g/mol. The molecule has 1 rings (SSSR count). The molecule has 0 bridgehead atoms. The van der Waals surface area contributed by atoms with Crippen molar-refractivity contribution in [3.05, 3.63) is 35.4 Å². The van der Waals surface area contributed by atoms with Gasteiger partial charge < -0.3 is 9.84 Å². The maximum absolute atomic E-state index is 12.0. The predicted molar refractivity (Wildman–Crippen MR) is 80.7 cm³/mol. The fourth-order valence-corrected chi connectivity index (χ4v) is 2.09. The molecular weight excluding hydrogens is 252 g/mol. The van der Waals surface area contributed by atoms with Crippen LogP contribution in [0.4, 0.5) is 0 Å². The fourth-order valence-electron chi connectivity index (χ4n) is 2.09. The lowest BCUT2D eigenvalue weighted by molar-refractivity contribution is -0.150. The van der Waals surface area contributed by atoms with Crippen LogP contribution < -0.4 is 0 Å². The quantitative estimate of drug-likeness (QED) is 0.778. The number of carbonyl (C=O) groups excluding carboxylic acids is 1. The normalized spacial score (nSPS) is 14.1. The molecule has 0 aliphatic heterocycles. The van der Waals surface area contributed by atoms with Gasteiger partial charge >= 0.3 is 5.97 Å². The lowest BCUT2D eigenvalue weighted by Crippen LogP contribution is -2.20. The Morgan fingerprint density at radius 3 is 2.25 bits per heavy atom. The molecule has 0 amide bonds. The van der Waals surface area contributed by atoms with Crippen molar-refractivity contribution < 1.29 is 14.6 Å². The first-order chi connectivity index (χ1) is 9.43. The molecule has 0 fully saturated rings. The highest BCUT2D eigenvalue weighted by atomic mass is 16.5. The van der Waals surface area contributed by atoms with Gasteiger partial charge in [-0.1, -0.05) is 38.1 Å². The number of carbonyl (C=O) groups is 1. The topological polar surface area (TPSA) is 46.5 Å². The summed E-state index contributed by atoms with van der Waals surface area (Å²) >= 11 is 0. The second-order valence-corrected chi connectivity index (χ2v) is 5.82. The molecule has 0 heterocycles.